The third kappa shape index (κ3) is 6.03. The topological polar surface area (TPSA) is 105 Å². The summed E-state index contributed by atoms with van der Waals surface area (Å²) < 4.78 is 30.8. The zero-order valence-electron chi connectivity index (χ0n) is 15.7. The van der Waals surface area contributed by atoms with Crippen LogP contribution in [-0.4, -0.2) is 49.3 Å². The number of ether oxygens (including phenoxy) is 1. The zero-order valence-corrected chi connectivity index (χ0v) is 16.5. The van der Waals surface area contributed by atoms with Crippen LogP contribution in [0, 0.1) is 13.8 Å². The van der Waals surface area contributed by atoms with E-state index in [4.69, 9.17) is 9.57 Å². The minimum absolute atomic E-state index is 0.0135. The predicted molar refractivity (Wildman–Crippen MR) is 98.7 cm³/mol. The second kappa shape index (κ2) is 10.6. The van der Waals surface area contributed by atoms with Gasteiger partial charge in [-0.2, -0.15) is 0 Å². The molecule has 0 aliphatic rings. The third-order valence-electron chi connectivity index (χ3n) is 3.70. The van der Waals surface area contributed by atoms with Crippen molar-refractivity contribution in [2.45, 2.75) is 46.0 Å². The van der Waals surface area contributed by atoms with Gasteiger partial charge in [-0.25, -0.2) is 8.42 Å². The lowest BCUT2D eigenvalue weighted by Gasteiger charge is -2.24. The Hall–Kier alpha value is -1.52. The average molecular weight is 388 g/mol. The summed E-state index contributed by atoms with van der Waals surface area (Å²) in [4.78, 5) is 17.4. The Kier molecular flexibility index (Phi) is 9.17. The molecule has 8 nitrogen and oxygen atoms in total. The molecule has 1 amide bonds. The van der Waals surface area contributed by atoms with Crippen LogP contribution < -0.4 is 5.32 Å². The van der Waals surface area contributed by atoms with Gasteiger partial charge in [-0.05, 0) is 38.3 Å². The van der Waals surface area contributed by atoms with E-state index >= 15 is 0 Å². The Morgan fingerprint density at radius 2 is 1.88 bits per heavy atom. The minimum Gasteiger partial charge on any atom is -0.368 e. The van der Waals surface area contributed by atoms with E-state index in [-0.39, 0.29) is 13.3 Å². The first-order valence-electron chi connectivity index (χ1n) is 8.53. The number of aliphatic hydroxyl groups excluding tert-OH is 1. The first-order valence-corrected chi connectivity index (χ1v) is 10.0. The summed E-state index contributed by atoms with van der Waals surface area (Å²) in [6.45, 7) is 7.25. The fourth-order valence-electron chi connectivity index (χ4n) is 2.18. The highest BCUT2D eigenvalue weighted by molar-refractivity contribution is 7.90. The smallest absolute Gasteiger partial charge is 0.272 e. The number of amides is 1. The SMILES string of the molecule is CCCCN(OCOCC)S(=O)(=O)C(O)C(=O)Nc1c(C)cccc1C. The molecule has 0 radical (unpaired) electrons. The van der Waals surface area contributed by atoms with Crippen LogP contribution in [-0.2, 0) is 24.4 Å². The number of rotatable bonds is 11. The highest BCUT2D eigenvalue weighted by Crippen LogP contribution is 2.20. The number of hydroxylamine groups is 1. The van der Waals surface area contributed by atoms with Crippen molar-refractivity contribution in [1.82, 2.24) is 4.47 Å². The Morgan fingerprint density at radius 3 is 2.42 bits per heavy atom. The molecule has 1 unspecified atom stereocenters. The van der Waals surface area contributed by atoms with Gasteiger partial charge in [0.05, 0.1) is 0 Å². The fourth-order valence-corrected chi connectivity index (χ4v) is 3.30. The van der Waals surface area contributed by atoms with Gasteiger partial charge in [0.15, 0.2) is 6.79 Å². The van der Waals surface area contributed by atoms with E-state index in [0.29, 0.717) is 29.6 Å². The van der Waals surface area contributed by atoms with Crippen molar-refractivity contribution in [2.24, 2.45) is 0 Å². The number of aliphatic hydroxyl groups is 1. The van der Waals surface area contributed by atoms with Gasteiger partial charge in [0, 0.05) is 18.8 Å². The summed E-state index contributed by atoms with van der Waals surface area (Å²) in [6.07, 6.45) is 1.23. The Balaban J connectivity index is 2.93. The molecule has 0 aliphatic carbocycles. The molecule has 0 aliphatic heterocycles. The number of carbonyl (C=O) groups is 1. The van der Waals surface area contributed by atoms with Crippen LogP contribution >= 0.6 is 0 Å². The molecule has 1 rings (SSSR count). The molecule has 0 heterocycles. The van der Waals surface area contributed by atoms with Crippen molar-refractivity contribution in [1.29, 1.82) is 0 Å². The molecule has 0 fully saturated rings. The van der Waals surface area contributed by atoms with Crippen molar-refractivity contribution in [3.05, 3.63) is 29.3 Å². The Labute approximate surface area is 155 Å². The van der Waals surface area contributed by atoms with Gasteiger partial charge in [-0.3, -0.25) is 9.63 Å². The molecule has 26 heavy (non-hydrogen) atoms. The molecule has 0 spiro atoms. The van der Waals surface area contributed by atoms with Crippen molar-refractivity contribution >= 4 is 21.6 Å². The molecule has 0 bridgehead atoms. The highest BCUT2D eigenvalue weighted by atomic mass is 32.2. The van der Waals surface area contributed by atoms with E-state index in [0.717, 1.165) is 11.1 Å². The van der Waals surface area contributed by atoms with Gasteiger partial charge >= 0.3 is 0 Å². The molecular formula is C17H28N2O6S. The number of nitrogens with one attached hydrogen (secondary N) is 1. The summed E-state index contributed by atoms with van der Waals surface area (Å²) in [7, 11) is -4.42. The van der Waals surface area contributed by atoms with Gasteiger partial charge in [0.2, 0.25) is 0 Å². The number of para-hydroxylation sites is 1. The number of aryl methyl sites for hydroxylation is 2. The van der Waals surface area contributed by atoms with E-state index in [9.17, 15) is 18.3 Å². The molecule has 0 saturated carbocycles. The summed E-state index contributed by atoms with van der Waals surface area (Å²) in [6, 6.07) is 5.38. The van der Waals surface area contributed by atoms with Crippen molar-refractivity contribution in [3.8, 4) is 0 Å². The van der Waals surface area contributed by atoms with Crippen molar-refractivity contribution in [2.75, 3.05) is 25.3 Å². The van der Waals surface area contributed by atoms with E-state index in [2.05, 4.69) is 5.32 Å². The first kappa shape index (κ1) is 22.5. The van der Waals surface area contributed by atoms with Crippen LogP contribution in [0.2, 0.25) is 0 Å². The van der Waals surface area contributed by atoms with Crippen LogP contribution in [0.25, 0.3) is 0 Å². The van der Waals surface area contributed by atoms with Crippen molar-refractivity contribution < 1.29 is 27.9 Å². The molecule has 1 atom stereocenters. The quantitative estimate of drug-likeness (QED) is 0.341. The minimum atomic E-state index is -4.42. The summed E-state index contributed by atoms with van der Waals surface area (Å²) in [5.41, 5.74) is -0.293. The lowest BCUT2D eigenvalue weighted by molar-refractivity contribution is -0.174. The number of hydrogen-bond acceptors (Lipinski definition) is 6. The fraction of sp³-hybridized carbons (Fsp3) is 0.588. The second-order valence-corrected chi connectivity index (χ2v) is 7.66. The standard InChI is InChI=1S/C17H28N2O6S/c1-5-7-11-19(25-12-24-6-2)26(22,23)17(21)16(20)18-15-13(3)9-8-10-14(15)4/h8-10,17,21H,5-7,11-12H2,1-4H3,(H,18,20). The maximum atomic E-state index is 12.6. The van der Waals surface area contributed by atoms with Gasteiger partial charge in [-0.1, -0.05) is 36.0 Å². The highest BCUT2D eigenvalue weighted by Gasteiger charge is 2.37. The molecule has 0 aromatic heterocycles. The third-order valence-corrected chi connectivity index (χ3v) is 5.33. The second-order valence-electron chi connectivity index (χ2n) is 5.77. The molecule has 148 valence electrons. The zero-order chi connectivity index (χ0) is 19.7. The van der Waals surface area contributed by atoms with Crippen LogP contribution in [0.1, 0.15) is 37.8 Å². The number of carbonyl (C=O) groups excluding carboxylic acids is 1. The van der Waals surface area contributed by atoms with Crippen LogP contribution in [0.3, 0.4) is 0 Å². The monoisotopic (exact) mass is 388 g/mol. The molecule has 1 aromatic rings. The van der Waals surface area contributed by atoms with Crippen molar-refractivity contribution in [3.63, 3.8) is 0 Å². The summed E-state index contributed by atoms with van der Waals surface area (Å²) in [5.74, 6) is -1.04. The molecule has 1 aromatic carbocycles. The number of benzene rings is 1. The average Bonchev–Trinajstić information content (AvgIpc) is 2.60. The molecule has 0 saturated heterocycles. The number of hydrogen-bond donors (Lipinski definition) is 2. The van der Waals surface area contributed by atoms with Gasteiger partial charge in [-0.15, -0.1) is 0 Å². The lowest BCUT2D eigenvalue weighted by Crippen LogP contribution is -2.45. The van der Waals surface area contributed by atoms with Gasteiger partial charge in [0.1, 0.15) is 0 Å². The van der Waals surface area contributed by atoms with E-state index < -0.39 is 21.4 Å². The normalized spacial score (nSPS) is 13.0. The largest absolute Gasteiger partial charge is 0.368 e. The summed E-state index contributed by atoms with van der Waals surface area (Å²) >= 11 is 0. The van der Waals surface area contributed by atoms with E-state index in [1.165, 1.54) is 0 Å². The molecule has 9 heteroatoms. The first-order chi connectivity index (χ1) is 12.3. The predicted octanol–water partition coefficient (Wildman–Crippen LogP) is 1.92. The van der Waals surface area contributed by atoms with Gasteiger partial charge in [0.25, 0.3) is 21.4 Å². The Morgan fingerprint density at radius 1 is 1.27 bits per heavy atom. The van der Waals surface area contributed by atoms with Crippen LogP contribution in [0.4, 0.5) is 5.69 Å². The molecular weight excluding hydrogens is 360 g/mol. The number of nitrogens with zero attached hydrogens (tertiary/aromatic N) is 1. The lowest BCUT2D eigenvalue weighted by atomic mass is 10.1. The summed E-state index contributed by atoms with van der Waals surface area (Å²) in [5, 5.41) is 12.6. The van der Waals surface area contributed by atoms with Gasteiger partial charge < -0.3 is 15.2 Å². The maximum absolute atomic E-state index is 12.6. The maximum Gasteiger partial charge on any atom is 0.272 e. The Bertz CT molecular complexity index is 672. The van der Waals surface area contributed by atoms with E-state index in [1.807, 2.05) is 13.0 Å². The molecule has 2 N–H and O–H groups in total. The number of sulfonamides is 1. The van der Waals surface area contributed by atoms with Crippen LogP contribution in [0.5, 0.6) is 0 Å². The number of unbranched alkanes of at least 4 members (excludes halogenated alkanes) is 1. The van der Waals surface area contributed by atoms with E-state index in [1.54, 1.807) is 32.9 Å². The van der Waals surface area contributed by atoms with Crippen LogP contribution in [0.15, 0.2) is 18.2 Å². The number of anilines is 1.